The number of benzene rings is 2. The number of Topliss-reactive ketones (excluding diaryl/α,β-unsaturated/α-hetero) is 1. The second-order valence-electron chi connectivity index (χ2n) is 12.5. The van der Waals surface area contributed by atoms with Gasteiger partial charge in [0.15, 0.2) is 5.01 Å². The number of guanidine groups is 1. The number of para-hydroxylation sites is 1. The quantitative estimate of drug-likeness (QED) is 0.124. The van der Waals surface area contributed by atoms with Crippen LogP contribution in [0.2, 0.25) is 0 Å². The van der Waals surface area contributed by atoms with Crippen molar-refractivity contribution in [2.24, 2.45) is 16.6 Å². The van der Waals surface area contributed by atoms with Crippen molar-refractivity contribution in [3.8, 4) is 5.75 Å². The van der Waals surface area contributed by atoms with Gasteiger partial charge in [0.2, 0.25) is 17.6 Å². The van der Waals surface area contributed by atoms with E-state index >= 15 is 0 Å². The summed E-state index contributed by atoms with van der Waals surface area (Å²) in [7, 11) is -4.02. The normalized spacial score (nSPS) is 17.3. The van der Waals surface area contributed by atoms with Crippen molar-refractivity contribution < 1.29 is 22.7 Å². The van der Waals surface area contributed by atoms with Crippen molar-refractivity contribution in [1.82, 2.24) is 15.0 Å². The topological polar surface area (TPSA) is 153 Å². The molecule has 12 heteroatoms. The fraction of sp³-hybridized carbons (Fsp3) is 0.500. The number of hydrogen-bond donors (Lipinski definition) is 3. The maximum absolute atomic E-state index is 13.5. The number of ketones is 1. The van der Waals surface area contributed by atoms with Gasteiger partial charge in [-0.05, 0) is 89.1 Å². The second-order valence-corrected chi connectivity index (χ2v) is 15.1. The highest BCUT2D eigenvalue weighted by atomic mass is 32.2. The van der Waals surface area contributed by atoms with Gasteiger partial charge in [0.1, 0.15) is 11.4 Å². The molecule has 1 atom stereocenters. The summed E-state index contributed by atoms with van der Waals surface area (Å²) in [5, 5.41) is 3.32. The Kier molecular flexibility index (Phi) is 9.04. The molecule has 10 nitrogen and oxygen atoms in total. The first-order chi connectivity index (χ1) is 20.8. The number of nitrogens with two attached hydrogens (primary N) is 1. The molecule has 0 radical (unpaired) electrons. The van der Waals surface area contributed by atoms with Gasteiger partial charge in [0.25, 0.3) is 10.0 Å². The average molecular weight is 640 g/mol. The Balaban J connectivity index is 1.27. The van der Waals surface area contributed by atoms with Gasteiger partial charge in [-0.15, -0.1) is 11.3 Å². The van der Waals surface area contributed by atoms with Crippen molar-refractivity contribution in [3.05, 3.63) is 51.5 Å². The maximum atomic E-state index is 13.5. The molecule has 4 N–H and O–H groups in total. The van der Waals surface area contributed by atoms with Crippen molar-refractivity contribution in [2.45, 2.75) is 96.1 Å². The number of rotatable bonds is 10. The Hall–Kier alpha value is -3.51. The molecule has 0 spiro atoms. The van der Waals surface area contributed by atoms with Crippen LogP contribution in [-0.2, 0) is 21.2 Å². The summed E-state index contributed by atoms with van der Waals surface area (Å²) in [6, 6.07) is 6.78. The van der Waals surface area contributed by atoms with Crippen LogP contribution >= 0.6 is 11.3 Å². The third kappa shape index (κ3) is 6.61. The predicted octanol–water partition coefficient (Wildman–Crippen LogP) is 4.87. The molecule has 44 heavy (non-hydrogen) atoms. The Labute approximate surface area is 262 Å². The number of amides is 1. The third-order valence-corrected chi connectivity index (χ3v) is 11.3. The number of aromatic nitrogens is 1. The molecular formula is C32H41N5O5S2. The lowest BCUT2D eigenvalue weighted by atomic mass is 9.94. The van der Waals surface area contributed by atoms with E-state index in [1.165, 1.54) is 11.3 Å². The maximum Gasteiger partial charge on any atom is 0.264 e. The molecule has 0 bridgehead atoms. The molecule has 0 saturated heterocycles. The minimum Gasteiger partial charge on any atom is -0.487 e. The molecule has 2 aliphatic rings. The van der Waals surface area contributed by atoms with Crippen LogP contribution in [0.3, 0.4) is 0 Å². The fourth-order valence-electron chi connectivity index (χ4n) is 6.24. The monoisotopic (exact) mass is 639 g/mol. The molecule has 236 valence electrons. The molecule has 1 aromatic heterocycles. The Morgan fingerprint density at radius 3 is 2.55 bits per heavy atom. The number of ether oxygens (including phenoxy) is 1. The molecule has 1 unspecified atom stereocenters. The molecule has 5 rings (SSSR count). The van der Waals surface area contributed by atoms with E-state index in [-0.39, 0.29) is 35.0 Å². The molecule has 2 aromatic carbocycles. The number of nitrogens with zero attached hydrogens (tertiary/aromatic N) is 2. The highest BCUT2D eigenvalue weighted by Crippen LogP contribution is 2.43. The largest absolute Gasteiger partial charge is 0.487 e. The Bertz CT molecular complexity index is 1710. The minimum atomic E-state index is -4.02. The van der Waals surface area contributed by atoms with Gasteiger partial charge in [-0.2, -0.15) is 0 Å². The van der Waals surface area contributed by atoms with E-state index in [4.69, 9.17) is 10.5 Å². The van der Waals surface area contributed by atoms with Gasteiger partial charge < -0.3 is 15.8 Å². The molecule has 2 heterocycles. The van der Waals surface area contributed by atoms with Crippen LogP contribution < -0.4 is 20.5 Å². The minimum absolute atomic E-state index is 0.0869. The smallest absolute Gasteiger partial charge is 0.264 e. The molecule has 3 aromatic rings. The molecule has 1 fully saturated rings. The Morgan fingerprint density at radius 2 is 1.84 bits per heavy atom. The summed E-state index contributed by atoms with van der Waals surface area (Å²) in [5.74, 6) is 0.0847. The van der Waals surface area contributed by atoms with E-state index in [9.17, 15) is 18.0 Å². The van der Waals surface area contributed by atoms with E-state index in [0.29, 0.717) is 35.4 Å². The summed E-state index contributed by atoms with van der Waals surface area (Å²) < 4.78 is 36.4. The lowest BCUT2D eigenvalue weighted by molar-refractivity contribution is -0.125. The average Bonchev–Trinajstić information content (AvgIpc) is 3.71. The molecule has 1 saturated carbocycles. The summed E-state index contributed by atoms with van der Waals surface area (Å²) in [6.07, 6.45) is 4.98. The van der Waals surface area contributed by atoms with Gasteiger partial charge in [0.05, 0.1) is 21.2 Å². The van der Waals surface area contributed by atoms with E-state index in [1.807, 2.05) is 45.0 Å². The summed E-state index contributed by atoms with van der Waals surface area (Å²) >= 11 is 1.31. The summed E-state index contributed by atoms with van der Waals surface area (Å²) in [6.45, 7) is 9.55. The highest BCUT2D eigenvalue weighted by Gasteiger charge is 2.37. The van der Waals surface area contributed by atoms with Crippen molar-refractivity contribution >= 4 is 49.2 Å². The molecular weight excluding hydrogens is 599 g/mol. The van der Waals surface area contributed by atoms with E-state index < -0.39 is 21.7 Å². The van der Waals surface area contributed by atoms with Crippen molar-refractivity contribution in [2.75, 3.05) is 6.54 Å². The zero-order valence-corrected chi connectivity index (χ0v) is 27.6. The van der Waals surface area contributed by atoms with Gasteiger partial charge in [-0.1, -0.05) is 25.0 Å². The number of fused-ring (bicyclic) bond motifs is 2. The number of carbonyl (C=O) groups is 2. The number of aliphatic imine (C=N–C) groups is 1. The third-order valence-electron chi connectivity index (χ3n) is 8.60. The standard InChI is InChI=1S/C32H41N5O5S2/c1-18-19(2)28(20(3)22-17-32(4,5)42-27(18)22)44(40,41)37-31(33)34-16-10-14-24(35-29(39)21-11-6-7-12-21)26(38)30-36-23-13-8-9-15-25(23)43-30/h8-9,13,15,21,24H,6-7,10-12,14,16-17H2,1-5H3,(H,35,39)(H3,33,34,37). The predicted molar refractivity (Wildman–Crippen MR) is 173 cm³/mol. The first-order valence-electron chi connectivity index (χ1n) is 15.1. The lowest BCUT2D eigenvalue weighted by Gasteiger charge is -2.19. The zero-order chi connectivity index (χ0) is 31.8. The van der Waals surface area contributed by atoms with Gasteiger partial charge in [-0.25, -0.2) is 18.1 Å². The number of sulfonamides is 1. The van der Waals surface area contributed by atoms with Gasteiger partial charge >= 0.3 is 0 Å². The number of nitrogens with one attached hydrogen (secondary N) is 2. The molecule has 1 amide bonds. The van der Waals surface area contributed by atoms with Crippen LogP contribution in [0.1, 0.15) is 84.4 Å². The fourth-order valence-corrected chi connectivity index (χ4v) is 8.72. The van der Waals surface area contributed by atoms with E-state index in [1.54, 1.807) is 13.8 Å². The number of thiazole rings is 1. The van der Waals surface area contributed by atoms with Gasteiger partial charge in [0, 0.05) is 24.4 Å². The second kappa shape index (κ2) is 12.5. The lowest BCUT2D eigenvalue weighted by Crippen LogP contribution is -2.43. The highest BCUT2D eigenvalue weighted by molar-refractivity contribution is 7.90. The Morgan fingerprint density at radius 1 is 1.14 bits per heavy atom. The molecule has 1 aliphatic heterocycles. The van der Waals surface area contributed by atoms with Crippen LogP contribution in [0.15, 0.2) is 34.2 Å². The molecule has 1 aliphatic carbocycles. The number of hydrogen-bond acceptors (Lipinski definition) is 8. The number of carbonyl (C=O) groups excluding carboxylic acids is 2. The summed E-state index contributed by atoms with van der Waals surface area (Å²) in [4.78, 5) is 35.4. The van der Waals surface area contributed by atoms with Crippen molar-refractivity contribution in [3.63, 3.8) is 0 Å². The van der Waals surface area contributed by atoms with Crippen molar-refractivity contribution in [1.29, 1.82) is 0 Å². The van der Waals surface area contributed by atoms with E-state index in [2.05, 4.69) is 20.0 Å². The van der Waals surface area contributed by atoms with Crippen LogP contribution in [0, 0.1) is 26.7 Å². The SMILES string of the molecule is Cc1c(C)c(S(=O)(=O)NC(N)=NCCCC(NC(=O)C2CCCC2)C(=O)c2nc3ccccc3s2)c(C)c2c1OC(C)(C)C2. The van der Waals surface area contributed by atoms with Gasteiger partial charge in [-0.3, -0.25) is 14.6 Å². The first-order valence-corrected chi connectivity index (χ1v) is 17.4. The summed E-state index contributed by atoms with van der Waals surface area (Å²) in [5.41, 5.74) is 9.31. The van der Waals surface area contributed by atoms with Crippen LogP contribution in [0.4, 0.5) is 0 Å². The first kappa shape index (κ1) is 31.9. The van der Waals surface area contributed by atoms with Crippen LogP contribution in [-0.4, -0.2) is 49.2 Å². The van der Waals surface area contributed by atoms with E-state index in [0.717, 1.165) is 52.8 Å². The van der Waals surface area contributed by atoms with Crippen LogP contribution in [0.25, 0.3) is 10.2 Å². The van der Waals surface area contributed by atoms with Crippen LogP contribution in [0.5, 0.6) is 5.75 Å². The zero-order valence-electron chi connectivity index (χ0n) is 26.0.